The molecule has 0 aliphatic heterocycles. The van der Waals surface area contributed by atoms with E-state index in [-0.39, 0.29) is 17.6 Å². The van der Waals surface area contributed by atoms with Crippen LogP contribution in [-0.4, -0.2) is 18.1 Å². The monoisotopic (exact) mass is 329 g/mol. The molecule has 0 saturated heterocycles. The number of rotatable bonds is 5. The molecule has 1 aromatic heterocycles. The Balaban J connectivity index is 2.06. The Labute approximate surface area is 139 Å². The number of nitriles is 1. The number of methoxy groups -OCH3 is 1. The van der Waals surface area contributed by atoms with Crippen molar-refractivity contribution in [2.75, 3.05) is 12.4 Å². The molecule has 0 radical (unpaired) electrons. The molecule has 118 valence electrons. The molecule has 0 bridgehead atoms. The van der Waals surface area contributed by atoms with Gasteiger partial charge in [-0.3, -0.25) is 4.79 Å². The molecule has 5 nitrogen and oxygen atoms in total. The Bertz CT molecular complexity index is 738. The largest absolute Gasteiger partial charge is 0.469 e. The van der Waals surface area contributed by atoms with Gasteiger partial charge in [0, 0.05) is 5.69 Å². The van der Waals surface area contributed by atoms with E-state index in [0.29, 0.717) is 17.3 Å². The summed E-state index contributed by atoms with van der Waals surface area (Å²) >= 11 is 5.86. The number of hydrogen-bond donors (Lipinski definition) is 1. The molecule has 0 saturated carbocycles. The van der Waals surface area contributed by atoms with Gasteiger partial charge in [0.25, 0.3) is 0 Å². The number of carbonyl (C=O) groups is 1. The van der Waals surface area contributed by atoms with Crippen molar-refractivity contribution >= 4 is 29.1 Å². The smallest absolute Gasteiger partial charge is 0.308 e. The maximum Gasteiger partial charge on any atom is 0.308 e. The third kappa shape index (κ3) is 4.44. The number of halogens is 1. The van der Waals surface area contributed by atoms with Crippen molar-refractivity contribution in [3.05, 3.63) is 52.7 Å². The molecule has 6 heteroatoms. The first kappa shape index (κ1) is 16.8. The molecule has 1 heterocycles. The van der Waals surface area contributed by atoms with Crippen LogP contribution in [0.25, 0.3) is 0 Å². The Morgan fingerprint density at radius 3 is 2.65 bits per heavy atom. The van der Waals surface area contributed by atoms with Crippen LogP contribution >= 0.6 is 11.6 Å². The lowest BCUT2D eigenvalue weighted by Crippen LogP contribution is -2.15. The zero-order chi connectivity index (χ0) is 16.8. The number of benzene rings is 1. The van der Waals surface area contributed by atoms with E-state index in [0.717, 1.165) is 11.3 Å². The van der Waals surface area contributed by atoms with Crippen molar-refractivity contribution in [1.82, 2.24) is 4.98 Å². The molecule has 1 aromatic carbocycles. The lowest BCUT2D eigenvalue weighted by atomic mass is 10.0. The van der Waals surface area contributed by atoms with E-state index in [9.17, 15) is 4.79 Å². The summed E-state index contributed by atoms with van der Waals surface area (Å²) < 4.78 is 4.72. The Hall–Kier alpha value is -2.58. The molecule has 2 rings (SSSR count). The fraction of sp³-hybridized carbons (Fsp3) is 0.235. The van der Waals surface area contributed by atoms with Crippen LogP contribution < -0.4 is 5.32 Å². The highest BCUT2D eigenvalue weighted by Gasteiger charge is 2.13. The summed E-state index contributed by atoms with van der Waals surface area (Å²) in [6.07, 6.45) is 0.616. The summed E-state index contributed by atoms with van der Waals surface area (Å²) in [5, 5.41) is 12.4. The highest BCUT2D eigenvalue weighted by molar-refractivity contribution is 6.31. The first-order chi connectivity index (χ1) is 11.0. The number of nitrogens with one attached hydrogen (secondary N) is 1. The predicted molar refractivity (Wildman–Crippen MR) is 88.6 cm³/mol. The van der Waals surface area contributed by atoms with E-state index in [1.165, 1.54) is 7.11 Å². The van der Waals surface area contributed by atoms with E-state index in [1.54, 1.807) is 12.1 Å². The second-order valence-electron chi connectivity index (χ2n) is 5.09. The molecule has 1 N–H and O–H groups in total. The first-order valence-electron chi connectivity index (χ1n) is 7.04. The van der Waals surface area contributed by atoms with E-state index in [2.05, 4.69) is 10.3 Å². The van der Waals surface area contributed by atoms with Crippen LogP contribution in [0.1, 0.15) is 18.2 Å². The molecule has 1 unspecified atom stereocenters. The average Bonchev–Trinajstić information content (AvgIpc) is 2.57. The van der Waals surface area contributed by atoms with Crippen molar-refractivity contribution in [2.24, 2.45) is 5.92 Å². The number of hydrogen-bond acceptors (Lipinski definition) is 5. The van der Waals surface area contributed by atoms with Crippen molar-refractivity contribution in [3.63, 3.8) is 0 Å². The standard InChI is InChI=1S/C17H16ClN3O2/c1-11(17(22)23-2)9-12-3-5-13(6-4-12)20-16-8-7-14(18)15(10-19)21-16/h3-8,11H,9H2,1-2H3,(H,20,21). The normalized spacial score (nSPS) is 11.4. The molecule has 0 fully saturated rings. The van der Waals surface area contributed by atoms with Gasteiger partial charge in [0.2, 0.25) is 0 Å². The highest BCUT2D eigenvalue weighted by atomic mass is 35.5. The van der Waals surface area contributed by atoms with Gasteiger partial charge in [-0.2, -0.15) is 5.26 Å². The van der Waals surface area contributed by atoms with Crippen molar-refractivity contribution in [1.29, 1.82) is 5.26 Å². The van der Waals surface area contributed by atoms with E-state index < -0.39 is 0 Å². The molecular weight excluding hydrogens is 314 g/mol. The fourth-order valence-electron chi connectivity index (χ4n) is 2.10. The summed E-state index contributed by atoms with van der Waals surface area (Å²) in [7, 11) is 1.39. The van der Waals surface area contributed by atoms with Gasteiger partial charge in [-0.15, -0.1) is 0 Å². The quantitative estimate of drug-likeness (QED) is 0.846. The lowest BCUT2D eigenvalue weighted by molar-refractivity contribution is -0.144. The number of esters is 1. The van der Waals surface area contributed by atoms with Crippen LogP contribution in [0.5, 0.6) is 0 Å². The van der Waals surface area contributed by atoms with Crippen molar-refractivity contribution < 1.29 is 9.53 Å². The minimum absolute atomic E-state index is 0.181. The predicted octanol–water partition coefficient (Wildman–Crippen LogP) is 3.70. The highest BCUT2D eigenvalue weighted by Crippen LogP contribution is 2.20. The number of carbonyl (C=O) groups excluding carboxylic acids is 1. The van der Waals surface area contributed by atoms with Crippen LogP contribution in [0.4, 0.5) is 11.5 Å². The second kappa shape index (κ2) is 7.61. The second-order valence-corrected chi connectivity index (χ2v) is 5.50. The van der Waals surface area contributed by atoms with Gasteiger partial charge in [-0.05, 0) is 36.2 Å². The number of pyridine rings is 1. The van der Waals surface area contributed by atoms with E-state index >= 15 is 0 Å². The molecule has 0 spiro atoms. The topological polar surface area (TPSA) is 75.0 Å². The first-order valence-corrected chi connectivity index (χ1v) is 7.41. The van der Waals surface area contributed by atoms with Crippen LogP contribution in [0.15, 0.2) is 36.4 Å². The van der Waals surface area contributed by atoms with Crippen LogP contribution in [0.2, 0.25) is 5.02 Å². The van der Waals surface area contributed by atoms with Crippen molar-refractivity contribution in [2.45, 2.75) is 13.3 Å². The summed E-state index contributed by atoms with van der Waals surface area (Å²) in [4.78, 5) is 15.6. The number of ether oxygens (including phenoxy) is 1. The summed E-state index contributed by atoms with van der Waals surface area (Å²) in [6.45, 7) is 1.83. The summed E-state index contributed by atoms with van der Waals surface area (Å²) in [5.74, 6) is 0.137. The van der Waals surface area contributed by atoms with Gasteiger partial charge in [0.1, 0.15) is 11.9 Å². The van der Waals surface area contributed by atoms with Gasteiger partial charge >= 0.3 is 5.97 Å². The zero-order valence-corrected chi connectivity index (χ0v) is 13.6. The molecule has 23 heavy (non-hydrogen) atoms. The number of aromatic nitrogens is 1. The van der Waals surface area contributed by atoms with E-state index in [4.69, 9.17) is 21.6 Å². The van der Waals surface area contributed by atoms with Crippen LogP contribution in [-0.2, 0) is 16.0 Å². The molecule has 1 atom stereocenters. The van der Waals surface area contributed by atoms with Gasteiger partial charge in [0.15, 0.2) is 5.69 Å². The third-order valence-electron chi connectivity index (χ3n) is 3.32. The third-order valence-corrected chi connectivity index (χ3v) is 3.63. The maximum atomic E-state index is 11.4. The number of anilines is 2. The Morgan fingerprint density at radius 2 is 2.04 bits per heavy atom. The van der Waals surface area contributed by atoms with E-state index in [1.807, 2.05) is 37.3 Å². The minimum Gasteiger partial charge on any atom is -0.469 e. The van der Waals surface area contributed by atoms with Gasteiger partial charge < -0.3 is 10.1 Å². The maximum absolute atomic E-state index is 11.4. The summed E-state index contributed by atoms with van der Waals surface area (Å²) in [6, 6.07) is 12.9. The Kier molecular flexibility index (Phi) is 5.56. The number of nitrogens with zero attached hydrogens (tertiary/aromatic N) is 2. The summed E-state index contributed by atoms with van der Waals surface area (Å²) in [5.41, 5.74) is 2.05. The van der Waals surface area contributed by atoms with Gasteiger partial charge in [0.05, 0.1) is 18.1 Å². The molecule has 0 aliphatic rings. The average molecular weight is 330 g/mol. The zero-order valence-electron chi connectivity index (χ0n) is 12.8. The van der Waals surface area contributed by atoms with Gasteiger partial charge in [-0.1, -0.05) is 30.7 Å². The molecular formula is C17H16ClN3O2. The van der Waals surface area contributed by atoms with Gasteiger partial charge in [-0.25, -0.2) is 4.98 Å². The molecule has 2 aromatic rings. The van der Waals surface area contributed by atoms with Crippen LogP contribution in [0, 0.1) is 17.2 Å². The van der Waals surface area contributed by atoms with Crippen LogP contribution in [0.3, 0.4) is 0 Å². The minimum atomic E-state index is -0.221. The molecule has 0 amide bonds. The lowest BCUT2D eigenvalue weighted by Gasteiger charge is -2.10. The fourth-order valence-corrected chi connectivity index (χ4v) is 2.25. The Morgan fingerprint density at radius 1 is 1.35 bits per heavy atom. The SMILES string of the molecule is COC(=O)C(C)Cc1ccc(Nc2ccc(Cl)c(C#N)n2)cc1. The molecule has 0 aliphatic carbocycles. The van der Waals surface area contributed by atoms with Crippen molar-refractivity contribution in [3.8, 4) is 6.07 Å².